The smallest absolute Gasteiger partial charge is 0.266 e. The Hall–Kier alpha value is -3.91. The molecule has 0 aliphatic heterocycles. The molecule has 1 aromatic heterocycles. The Bertz CT molecular complexity index is 1400. The van der Waals surface area contributed by atoms with Crippen LogP contribution in [0.2, 0.25) is 0 Å². The summed E-state index contributed by atoms with van der Waals surface area (Å²) in [5.74, 6) is 0.469. The van der Waals surface area contributed by atoms with Gasteiger partial charge in [0.2, 0.25) is 0 Å². The first-order valence-electron chi connectivity index (χ1n) is 10.8. The van der Waals surface area contributed by atoms with Gasteiger partial charge in [0.25, 0.3) is 11.5 Å². The van der Waals surface area contributed by atoms with Crippen LogP contribution >= 0.6 is 11.8 Å². The van der Waals surface area contributed by atoms with Gasteiger partial charge in [-0.05, 0) is 61.4 Å². The maximum atomic E-state index is 13.3. The lowest BCUT2D eigenvalue weighted by Gasteiger charge is -2.13. The van der Waals surface area contributed by atoms with Gasteiger partial charge in [0.15, 0.2) is 5.16 Å². The number of hydrogen-bond donors (Lipinski definition) is 1. The number of aromatic nitrogens is 2. The SMILES string of the molecule is CCOc1ccc(-n2c(SCC(=O)NN=Cc3ccccc3C)nc3ccccc3c2=O)cc1. The molecule has 1 heterocycles. The third-order valence-corrected chi connectivity index (χ3v) is 6.00. The van der Waals surface area contributed by atoms with Crippen LogP contribution in [0.5, 0.6) is 5.75 Å². The number of nitrogens with zero attached hydrogens (tertiary/aromatic N) is 3. The van der Waals surface area contributed by atoms with Gasteiger partial charge >= 0.3 is 0 Å². The second-order valence-electron chi connectivity index (χ2n) is 7.42. The van der Waals surface area contributed by atoms with Crippen LogP contribution in [0.3, 0.4) is 0 Å². The van der Waals surface area contributed by atoms with Crippen molar-refractivity contribution in [3.8, 4) is 11.4 Å². The van der Waals surface area contributed by atoms with Crippen molar-refractivity contribution < 1.29 is 9.53 Å². The predicted octanol–water partition coefficient (Wildman–Crippen LogP) is 4.34. The molecule has 34 heavy (non-hydrogen) atoms. The molecule has 0 saturated carbocycles. The molecule has 0 aliphatic carbocycles. The highest BCUT2D eigenvalue weighted by Gasteiger charge is 2.15. The Labute approximate surface area is 201 Å². The van der Waals surface area contributed by atoms with Gasteiger partial charge in [-0.15, -0.1) is 0 Å². The first kappa shape index (κ1) is 23.3. The van der Waals surface area contributed by atoms with Crippen LogP contribution < -0.4 is 15.7 Å². The topological polar surface area (TPSA) is 85.6 Å². The summed E-state index contributed by atoms with van der Waals surface area (Å²) in [6.45, 7) is 4.44. The molecule has 0 fully saturated rings. The molecule has 1 amide bonds. The van der Waals surface area contributed by atoms with E-state index >= 15 is 0 Å². The van der Waals surface area contributed by atoms with Crippen molar-refractivity contribution in [2.24, 2.45) is 5.10 Å². The highest BCUT2D eigenvalue weighted by Crippen LogP contribution is 2.23. The van der Waals surface area contributed by atoms with Crippen molar-refractivity contribution >= 4 is 34.8 Å². The third kappa shape index (κ3) is 5.35. The number of amides is 1. The first-order chi connectivity index (χ1) is 16.6. The molecular formula is C26H24N4O3S. The van der Waals surface area contributed by atoms with E-state index in [1.807, 2.05) is 56.3 Å². The number of carbonyl (C=O) groups is 1. The summed E-state index contributed by atoms with van der Waals surface area (Å²) in [7, 11) is 0. The minimum Gasteiger partial charge on any atom is -0.494 e. The number of benzene rings is 3. The zero-order chi connectivity index (χ0) is 23.9. The molecule has 1 N–H and O–H groups in total. The van der Waals surface area contributed by atoms with E-state index in [0.717, 1.165) is 11.1 Å². The Balaban J connectivity index is 1.57. The average Bonchev–Trinajstić information content (AvgIpc) is 2.85. The number of nitrogens with one attached hydrogen (secondary N) is 1. The molecule has 0 aliphatic rings. The zero-order valence-corrected chi connectivity index (χ0v) is 19.7. The van der Waals surface area contributed by atoms with Crippen molar-refractivity contribution in [3.05, 3.63) is 94.3 Å². The van der Waals surface area contributed by atoms with Crippen LogP contribution in [-0.2, 0) is 4.79 Å². The molecule has 0 radical (unpaired) electrons. The Morgan fingerprint density at radius 2 is 1.82 bits per heavy atom. The van der Waals surface area contributed by atoms with Crippen LogP contribution in [0.15, 0.2) is 87.8 Å². The van der Waals surface area contributed by atoms with Crippen LogP contribution in [0.1, 0.15) is 18.1 Å². The van der Waals surface area contributed by atoms with E-state index in [4.69, 9.17) is 4.74 Å². The number of aryl methyl sites for hydroxylation is 1. The third-order valence-electron chi connectivity index (χ3n) is 5.06. The molecule has 7 nitrogen and oxygen atoms in total. The second-order valence-corrected chi connectivity index (χ2v) is 8.36. The molecule has 0 atom stereocenters. The molecule has 8 heteroatoms. The Morgan fingerprint density at radius 3 is 2.59 bits per heavy atom. The van der Waals surface area contributed by atoms with Gasteiger partial charge < -0.3 is 4.74 Å². The van der Waals surface area contributed by atoms with Gasteiger partial charge in [-0.25, -0.2) is 10.4 Å². The number of thioether (sulfide) groups is 1. The van der Waals surface area contributed by atoms with Crippen molar-refractivity contribution in [2.75, 3.05) is 12.4 Å². The molecule has 4 aromatic rings. The molecule has 0 unspecified atom stereocenters. The number of rotatable bonds is 8. The van der Waals surface area contributed by atoms with Crippen LogP contribution in [-0.4, -0.2) is 34.0 Å². The number of ether oxygens (including phenoxy) is 1. The van der Waals surface area contributed by atoms with Crippen molar-refractivity contribution in [3.63, 3.8) is 0 Å². The van der Waals surface area contributed by atoms with E-state index in [2.05, 4.69) is 15.5 Å². The van der Waals surface area contributed by atoms with Crippen molar-refractivity contribution in [2.45, 2.75) is 19.0 Å². The lowest BCUT2D eigenvalue weighted by Crippen LogP contribution is -2.24. The van der Waals surface area contributed by atoms with Gasteiger partial charge in [-0.1, -0.05) is 48.2 Å². The first-order valence-corrected chi connectivity index (χ1v) is 11.8. The van der Waals surface area contributed by atoms with Gasteiger partial charge in [-0.2, -0.15) is 5.10 Å². The predicted molar refractivity (Wildman–Crippen MR) is 136 cm³/mol. The van der Waals surface area contributed by atoms with E-state index in [1.54, 1.807) is 36.5 Å². The summed E-state index contributed by atoms with van der Waals surface area (Å²) in [6, 6.07) is 22.2. The number of para-hydroxylation sites is 1. The van der Waals surface area contributed by atoms with Crippen LogP contribution in [0, 0.1) is 6.92 Å². The summed E-state index contributed by atoms with van der Waals surface area (Å²) in [5, 5.41) is 4.98. The number of carbonyl (C=O) groups excluding carboxylic acids is 1. The lowest BCUT2D eigenvalue weighted by molar-refractivity contribution is -0.118. The van der Waals surface area contributed by atoms with E-state index in [9.17, 15) is 9.59 Å². The van der Waals surface area contributed by atoms with Crippen LogP contribution in [0.4, 0.5) is 0 Å². The fraction of sp³-hybridized carbons (Fsp3) is 0.154. The molecule has 172 valence electrons. The fourth-order valence-electron chi connectivity index (χ4n) is 3.36. The van der Waals surface area contributed by atoms with E-state index in [0.29, 0.717) is 34.1 Å². The highest BCUT2D eigenvalue weighted by atomic mass is 32.2. The standard InChI is InChI=1S/C26H24N4O3S/c1-3-33-21-14-12-20(13-15-21)30-25(32)22-10-6-7-11-23(22)28-26(30)34-17-24(31)29-27-16-19-9-5-4-8-18(19)2/h4-16H,3,17H2,1-2H3,(H,29,31). The summed E-state index contributed by atoms with van der Waals surface area (Å²) in [6.07, 6.45) is 1.61. The summed E-state index contributed by atoms with van der Waals surface area (Å²) in [4.78, 5) is 30.4. The molecule has 0 bridgehead atoms. The minimum absolute atomic E-state index is 0.0485. The molecule has 4 rings (SSSR count). The zero-order valence-electron chi connectivity index (χ0n) is 18.9. The van der Waals surface area contributed by atoms with E-state index < -0.39 is 0 Å². The molecule has 3 aromatic carbocycles. The Morgan fingerprint density at radius 1 is 1.09 bits per heavy atom. The van der Waals surface area contributed by atoms with Crippen molar-refractivity contribution in [1.82, 2.24) is 15.0 Å². The average molecular weight is 473 g/mol. The molecule has 0 saturated heterocycles. The quantitative estimate of drug-likeness (QED) is 0.179. The normalized spacial score (nSPS) is 11.1. The maximum absolute atomic E-state index is 13.3. The monoisotopic (exact) mass is 472 g/mol. The lowest BCUT2D eigenvalue weighted by atomic mass is 10.1. The van der Waals surface area contributed by atoms with Gasteiger partial charge in [0.1, 0.15) is 5.75 Å². The number of hydrazone groups is 1. The van der Waals surface area contributed by atoms with Gasteiger partial charge in [0.05, 0.1) is 35.2 Å². The van der Waals surface area contributed by atoms with E-state index in [-0.39, 0.29) is 17.2 Å². The van der Waals surface area contributed by atoms with Gasteiger partial charge in [-0.3, -0.25) is 14.2 Å². The Kier molecular flexibility index (Phi) is 7.39. The summed E-state index contributed by atoms with van der Waals surface area (Å²) < 4.78 is 7.03. The van der Waals surface area contributed by atoms with Crippen LogP contribution in [0.25, 0.3) is 16.6 Å². The van der Waals surface area contributed by atoms with Crippen molar-refractivity contribution in [1.29, 1.82) is 0 Å². The number of fused-ring (bicyclic) bond motifs is 1. The fourth-order valence-corrected chi connectivity index (χ4v) is 4.17. The summed E-state index contributed by atoms with van der Waals surface area (Å²) >= 11 is 1.18. The molecule has 0 spiro atoms. The second kappa shape index (κ2) is 10.8. The summed E-state index contributed by atoms with van der Waals surface area (Å²) in [5.41, 5.74) is 5.56. The maximum Gasteiger partial charge on any atom is 0.266 e. The molecular weight excluding hydrogens is 448 g/mol. The van der Waals surface area contributed by atoms with E-state index in [1.165, 1.54) is 16.3 Å². The minimum atomic E-state index is -0.296. The number of hydrogen-bond acceptors (Lipinski definition) is 6. The largest absolute Gasteiger partial charge is 0.494 e. The van der Waals surface area contributed by atoms with Gasteiger partial charge in [0, 0.05) is 0 Å². The highest BCUT2D eigenvalue weighted by molar-refractivity contribution is 7.99.